The van der Waals surface area contributed by atoms with Crippen molar-refractivity contribution in [2.24, 2.45) is 11.3 Å². The first kappa shape index (κ1) is 34.1. The van der Waals surface area contributed by atoms with Crippen LogP contribution in [0.3, 0.4) is 0 Å². The van der Waals surface area contributed by atoms with Crippen LogP contribution in [0, 0.1) is 11.3 Å². The maximum absolute atomic E-state index is 12.4. The number of unbranched alkanes of at least 4 members (excludes halogenated alkanes) is 15. The van der Waals surface area contributed by atoms with Crippen LogP contribution in [0.25, 0.3) is 0 Å². The van der Waals surface area contributed by atoms with Crippen molar-refractivity contribution in [2.75, 3.05) is 13.2 Å². The molecule has 5 nitrogen and oxygen atoms in total. The van der Waals surface area contributed by atoms with E-state index in [1.165, 1.54) is 89.9 Å². The van der Waals surface area contributed by atoms with Gasteiger partial charge in [0.25, 0.3) is 0 Å². The van der Waals surface area contributed by atoms with Gasteiger partial charge in [-0.3, -0.25) is 0 Å². The number of carbonyl (C=O) groups is 2. The number of hydrogen-bond acceptors (Lipinski definition) is 5. The summed E-state index contributed by atoms with van der Waals surface area (Å²) in [6.45, 7) is 11.6. The van der Waals surface area contributed by atoms with Crippen LogP contribution in [0.4, 0.5) is 0 Å². The molecule has 1 aromatic heterocycles. The highest BCUT2D eigenvalue weighted by Crippen LogP contribution is 2.24. The average molecular weight is 532 g/mol. The van der Waals surface area contributed by atoms with E-state index in [1.807, 2.05) is 0 Å². The monoisotopic (exact) mass is 531 g/mol. The van der Waals surface area contributed by atoms with Crippen LogP contribution >= 0.6 is 0 Å². The van der Waals surface area contributed by atoms with Crippen molar-refractivity contribution in [3.63, 3.8) is 0 Å². The van der Waals surface area contributed by atoms with Gasteiger partial charge in [0.05, 0.1) is 13.2 Å². The second-order valence-electron chi connectivity index (χ2n) is 12.3. The molecular weight excluding hydrogens is 474 g/mol. The molecule has 0 aliphatic heterocycles. The number of hydrogen-bond donors (Lipinski definition) is 0. The maximum Gasteiger partial charge on any atom is 0.356 e. The molecule has 1 aromatic rings. The number of esters is 2. The second-order valence-corrected chi connectivity index (χ2v) is 12.3. The van der Waals surface area contributed by atoms with E-state index >= 15 is 0 Å². The molecule has 1 atom stereocenters. The third-order valence-corrected chi connectivity index (χ3v) is 6.86. The van der Waals surface area contributed by atoms with Crippen molar-refractivity contribution < 1.29 is 19.1 Å². The minimum atomic E-state index is -0.502. The van der Waals surface area contributed by atoms with Crippen LogP contribution in [0.5, 0.6) is 0 Å². The lowest BCUT2D eigenvalue weighted by molar-refractivity contribution is 0.0412. The molecule has 218 valence electrons. The minimum Gasteiger partial charge on any atom is -0.461 e. The van der Waals surface area contributed by atoms with Gasteiger partial charge in [-0.25, -0.2) is 14.6 Å². The summed E-state index contributed by atoms with van der Waals surface area (Å²) in [5.41, 5.74) is 0.476. The van der Waals surface area contributed by atoms with Gasteiger partial charge in [0, 0.05) is 0 Å². The zero-order valence-corrected chi connectivity index (χ0v) is 25.3. The lowest BCUT2D eigenvalue weighted by atomic mass is 9.86. The van der Waals surface area contributed by atoms with Gasteiger partial charge in [-0.2, -0.15) is 0 Å². The smallest absolute Gasteiger partial charge is 0.356 e. The third-order valence-electron chi connectivity index (χ3n) is 6.86. The van der Waals surface area contributed by atoms with E-state index in [-0.39, 0.29) is 22.7 Å². The maximum atomic E-state index is 12.4. The molecule has 0 saturated heterocycles. The third kappa shape index (κ3) is 18.4. The van der Waals surface area contributed by atoms with Gasteiger partial charge in [-0.05, 0) is 36.3 Å². The molecular formula is C33H57NO4. The molecule has 0 aliphatic rings. The van der Waals surface area contributed by atoms with E-state index in [0.29, 0.717) is 13.2 Å². The van der Waals surface area contributed by atoms with Crippen LogP contribution in [0.2, 0.25) is 0 Å². The summed E-state index contributed by atoms with van der Waals surface area (Å²) >= 11 is 0. The van der Waals surface area contributed by atoms with Gasteiger partial charge in [-0.1, -0.05) is 137 Å². The summed E-state index contributed by atoms with van der Waals surface area (Å²) in [7, 11) is 0. The van der Waals surface area contributed by atoms with Crippen molar-refractivity contribution in [2.45, 2.75) is 144 Å². The summed E-state index contributed by atoms with van der Waals surface area (Å²) in [5.74, 6) is -0.730. The quantitative estimate of drug-likeness (QED) is 0.110. The molecule has 0 aliphatic carbocycles. The number of nitrogens with zero attached hydrogens (tertiary/aromatic N) is 1. The molecule has 38 heavy (non-hydrogen) atoms. The Morgan fingerprint density at radius 1 is 0.711 bits per heavy atom. The number of ether oxygens (including phenoxy) is 2. The Bertz CT molecular complexity index is 756. The number of pyridine rings is 1. The number of rotatable bonds is 22. The Morgan fingerprint density at radius 2 is 1.13 bits per heavy atom. The first-order valence-electron chi connectivity index (χ1n) is 15.5. The van der Waals surface area contributed by atoms with Crippen LogP contribution in [-0.4, -0.2) is 30.1 Å². The molecule has 5 heteroatoms. The summed E-state index contributed by atoms with van der Waals surface area (Å²) < 4.78 is 10.8. The van der Waals surface area contributed by atoms with Gasteiger partial charge in [0.15, 0.2) is 0 Å². The predicted molar refractivity (Wildman–Crippen MR) is 158 cm³/mol. The highest BCUT2D eigenvalue weighted by atomic mass is 16.5. The van der Waals surface area contributed by atoms with Crippen molar-refractivity contribution in [1.29, 1.82) is 0 Å². The van der Waals surface area contributed by atoms with Gasteiger partial charge >= 0.3 is 11.9 Å². The molecule has 1 unspecified atom stereocenters. The standard InChI is InChI=1S/C33H57NO4/c1-6-7-8-9-10-11-12-13-14-15-16-17-18-19-20-21-25-37-31(35)29-23-22-24-30(34-29)32(36)38-27-28(2)26-33(3,4)5/h22-24,28H,6-21,25-27H2,1-5H3. The average Bonchev–Trinajstić information content (AvgIpc) is 2.88. The summed E-state index contributed by atoms with van der Waals surface area (Å²) in [5, 5.41) is 0. The predicted octanol–water partition coefficient (Wildman–Crippen LogP) is 9.73. The highest BCUT2D eigenvalue weighted by molar-refractivity contribution is 5.91. The van der Waals surface area contributed by atoms with Crippen LogP contribution in [-0.2, 0) is 9.47 Å². The Labute approximate surface area is 233 Å². The lowest BCUT2D eigenvalue weighted by Gasteiger charge is -2.22. The molecule has 0 saturated carbocycles. The fraction of sp³-hybridized carbons (Fsp3) is 0.788. The zero-order valence-electron chi connectivity index (χ0n) is 25.3. The first-order valence-corrected chi connectivity index (χ1v) is 15.5. The van der Waals surface area contributed by atoms with E-state index in [2.05, 4.69) is 39.6 Å². The normalized spacial score (nSPS) is 12.3. The van der Waals surface area contributed by atoms with Crippen molar-refractivity contribution in [3.05, 3.63) is 29.6 Å². The van der Waals surface area contributed by atoms with Crippen molar-refractivity contribution >= 4 is 11.9 Å². The minimum absolute atomic E-state index is 0.143. The van der Waals surface area contributed by atoms with Crippen LogP contribution in [0.15, 0.2) is 18.2 Å². The molecule has 0 N–H and O–H groups in total. The molecule has 0 fully saturated rings. The second kappa shape index (κ2) is 21.0. The van der Waals surface area contributed by atoms with Gasteiger partial charge < -0.3 is 9.47 Å². The zero-order chi connectivity index (χ0) is 28.1. The highest BCUT2D eigenvalue weighted by Gasteiger charge is 2.19. The van der Waals surface area contributed by atoms with Gasteiger partial charge in [-0.15, -0.1) is 0 Å². The van der Waals surface area contributed by atoms with Crippen molar-refractivity contribution in [3.8, 4) is 0 Å². The van der Waals surface area contributed by atoms with Gasteiger partial charge in [0.1, 0.15) is 11.4 Å². The summed E-state index contributed by atoms with van der Waals surface area (Å²) in [6.07, 6.45) is 21.9. The Kier molecular flexibility index (Phi) is 18.8. The van der Waals surface area contributed by atoms with Crippen LogP contribution < -0.4 is 0 Å². The fourth-order valence-electron chi connectivity index (χ4n) is 4.95. The van der Waals surface area contributed by atoms with Crippen LogP contribution in [0.1, 0.15) is 165 Å². The molecule has 0 radical (unpaired) electrons. The van der Waals surface area contributed by atoms with E-state index in [4.69, 9.17) is 9.47 Å². The summed E-state index contributed by atoms with van der Waals surface area (Å²) in [4.78, 5) is 28.9. The lowest BCUT2D eigenvalue weighted by Crippen LogP contribution is -2.19. The van der Waals surface area contributed by atoms with E-state index in [0.717, 1.165) is 19.3 Å². The molecule has 1 heterocycles. The first-order chi connectivity index (χ1) is 18.2. The fourth-order valence-corrected chi connectivity index (χ4v) is 4.95. The molecule has 1 rings (SSSR count). The molecule has 0 amide bonds. The van der Waals surface area contributed by atoms with Gasteiger partial charge in [0.2, 0.25) is 0 Å². The molecule has 0 bridgehead atoms. The topological polar surface area (TPSA) is 65.5 Å². The van der Waals surface area contributed by atoms with E-state index in [9.17, 15) is 9.59 Å². The Hall–Kier alpha value is -1.91. The molecule has 0 spiro atoms. The largest absolute Gasteiger partial charge is 0.461 e. The van der Waals surface area contributed by atoms with Crippen molar-refractivity contribution in [1.82, 2.24) is 4.98 Å². The van der Waals surface area contributed by atoms with E-state index < -0.39 is 11.9 Å². The van der Waals surface area contributed by atoms with E-state index in [1.54, 1.807) is 18.2 Å². The summed E-state index contributed by atoms with van der Waals surface area (Å²) in [6, 6.07) is 4.80. The number of carbonyl (C=O) groups excluding carboxylic acids is 2. The molecule has 0 aromatic carbocycles. The SMILES string of the molecule is CCCCCCCCCCCCCCCCCCOC(=O)c1cccc(C(=O)OCC(C)CC(C)(C)C)n1. The Balaban J connectivity index is 2.07. The number of aromatic nitrogens is 1. The Morgan fingerprint density at radius 3 is 1.58 bits per heavy atom.